The Bertz CT molecular complexity index is 167. The Morgan fingerprint density at radius 2 is 1.87 bits per heavy atom. The Morgan fingerprint density at radius 1 is 1.20 bits per heavy atom. The highest BCUT2D eigenvalue weighted by Gasteiger charge is 2.09. The number of unbranched alkanes of at least 4 members (excludes halogenated alkanes) is 3. The minimum absolute atomic E-state index is 0.278. The molecule has 5 heteroatoms. The van der Waals surface area contributed by atoms with Gasteiger partial charge in [-0.1, -0.05) is 12.8 Å². The maximum absolute atomic E-state index is 10.4. The lowest BCUT2D eigenvalue weighted by Crippen LogP contribution is -2.30. The van der Waals surface area contributed by atoms with E-state index in [4.69, 9.17) is 15.9 Å². The average molecular weight is 235 g/mol. The van der Waals surface area contributed by atoms with Crippen LogP contribution in [0.5, 0.6) is 0 Å². The lowest BCUT2D eigenvalue weighted by Gasteiger charge is -2.05. The molecule has 0 amide bonds. The molecule has 0 aliphatic carbocycles. The van der Waals surface area contributed by atoms with E-state index < -0.39 is 12.0 Å². The van der Waals surface area contributed by atoms with Gasteiger partial charge in [0.25, 0.3) is 0 Å². The predicted molar refractivity (Wildman–Crippen MR) is 63.1 cm³/mol. The summed E-state index contributed by atoms with van der Waals surface area (Å²) in [6.07, 6.45) is 4.77. The average Bonchev–Trinajstić information content (AvgIpc) is 2.21. The molecule has 0 rings (SSSR count). The van der Waals surface area contributed by atoms with Crippen molar-refractivity contribution < 1.29 is 15.0 Å². The second-order valence-corrected chi connectivity index (χ2v) is 4.71. The molecule has 0 aliphatic heterocycles. The lowest BCUT2D eigenvalue weighted by atomic mass is 10.2. The van der Waals surface area contributed by atoms with Crippen LogP contribution in [0, 0.1) is 0 Å². The molecular formula is C10H21NO3S. The number of thioether (sulfide) groups is 1. The van der Waals surface area contributed by atoms with E-state index in [0.717, 1.165) is 37.2 Å². The fourth-order valence-electron chi connectivity index (χ4n) is 1.11. The summed E-state index contributed by atoms with van der Waals surface area (Å²) in [5.74, 6) is 0.948. The van der Waals surface area contributed by atoms with Gasteiger partial charge < -0.3 is 15.9 Å². The summed E-state index contributed by atoms with van der Waals surface area (Å²) >= 11 is 1.75. The van der Waals surface area contributed by atoms with Gasteiger partial charge in [-0.05, 0) is 30.8 Å². The molecule has 4 nitrogen and oxygen atoms in total. The highest BCUT2D eigenvalue weighted by atomic mass is 32.2. The first-order chi connectivity index (χ1) is 7.18. The van der Waals surface area contributed by atoms with Crippen LogP contribution in [0.2, 0.25) is 0 Å². The van der Waals surface area contributed by atoms with E-state index in [1.165, 1.54) is 0 Å². The van der Waals surface area contributed by atoms with E-state index >= 15 is 0 Å². The third-order valence-electron chi connectivity index (χ3n) is 2.09. The first-order valence-corrected chi connectivity index (χ1v) is 6.51. The van der Waals surface area contributed by atoms with Crippen molar-refractivity contribution in [2.45, 2.75) is 38.1 Å². The Labute approximate surface area is 95.2 Å². The molecule has 0 bridgehead atoms. The highest BCUT2D eigenvalue weighted by molar-refractivity contribution is 7.99. The molecular weight excluding hydrogens is 214 g/mol. The summed E-state index contributed by atoms with van der Waals surface area (Å²) in [6.45, 7) is 0.278. The van der Waals surface area contributed by atoms with E-state index in [0.29, 0.717) is 6.42 Å². The largest absolute Gasteiger partial charge is 0.480 e. The zero-order valence-electron chi connectivity index (χ0n) is 9.02. The van der Waals surface area contributed by atoms with Crippen LogP contribution in [0.1, 0.15) is 32.1 Å². The zero-order valence-corrected chi connectivity index (χ0v) is 9.84. The van der Waals surface area contributed by atoms with Crippen molar-refractivity contribution in [1.29, 1.82) is 0 Å². The minimum Gasteiger partial charge on any atom is -0.480 e. The monoisotopic (exact) mass is 235 g/mol. The van der Waals surface area contributed by atoms with Gasteiger partial charge in [-0.15, -0.1) is 0 Å². The maximum atomic E-state index is 10.4. The molecule has 0 aromatic carbocycles. The van der Waals surface area contributed by atoms with Crippen LogP contribution in [0.25, 0.3) is 0 Å². The van der Waals surface area contributed by atoms with Crippen molar-refractivity contribution in [2.75, 3.05) is 18.1 Å². The second-order valence-electron chi connectivity index (χ2n) is 3.48. The summed E-state index contributed by atoms with van der Waals surface area (Å²) in [7, 11) is 0. The number of hydrogen-bond donors (Lipinski definition) is 3. The standard InChI is InChI=1S/C10H21NO3S/c11-9(10(13)14)5-8-15-7-4-2-1-3-6-12/h9,12H,1-8,11H2,(H,13,14). The fourth-order valence-corrected chi connectivity index (χ4v) is 2.14. The van der Waals surface area contributed by atoms with E-state index in [1.807, 2.05) is 0 Å². The zero-order chi connectivity index (χ0) is 11.5. The topological polar surface area (TPSA) is 83.5 Å². The Balaban J connectivity index is 3.08. The van der Waals surface area contributed by atoms with E-state index in [9.17, 15) is 4.79 Å². The number of carboxylic acids is 1. The molecule has 0 aromatic rings. The van der Waals surface area contributed by atoms with E-state index in [2.05, 4.69) is 0 Å². The van der Waals surface area contributed by atoms with Gasteiger partial charge in [0.1, 0.15) is 6.04 Å². The maximum Gasteiger partial charge on any atom is 0.320 e. The first-order valence-electron chi connectivity index (χ1n) is 5.35. The molecule has 0 saturated heterocycles. The molecule has 0 fully saturated rings. The summed E-state index contributed by atoms with van der Waals surface area (Å²) in [5, 5.41) is 17.1. The summed E-state index contributed by atoms with van der Waals surface area (Å²) in [6, 6.07) is -0.716. The number of hydrogen-bond acceptors (Lipinski definition) is 4. The van der Waals surface area contributed by atoms with Gasteiger partial charge in [0, 0.05) is 6.61 Å². The normalized spacial score (nSPS) is 12.7. The molecule has 90 valence electrons. The van der Waals surface area contributed by atoms with Crippen molar-refractivity contribution in [1.82, 2.24) is 0 Å². The molecule has 0 spiro atoms. The second kappa shape index (κ2) is 10.3. The minimum atomic E-state index is -0.918. The van der Waals surface area contributed by atoms with Crippen LogP contribution in [0.4, 0.5) is 0 Å². The van der Waals surface area contributed by atoms with Gasteiger partial charge in [0.05, 0.1) is 0 Å². The Hall–Kier alpha value is -0.260. The van der Waals surface area contributed by atoms with Crippen LogP contribution in [0.3, 0.4) is 0 Å². The van der Waals surface area contributed by atoms with Crippen LogP contribution in [-0.2, 0) is 4.79 Å². The molecule has 0 radical (unpaired) electrons. The van der Waals surface area contributed by atoms with Crippen LogP contribution >= 0.6 is 11.8 Å². The molecule has 0 saturated carbocycles. The van der Waals surface area contributed by atoms with Gasteiger partial charge in [-0.2, -0.15) is 11.8 Å². The number of aliphatic hydroxyl groups is 1. The number of carbonyl (C=O) groups is 1. The van der Waals surface area contributed by atoms with E-state index in [1.54, 1.807) is 11.8 Å². The van der Waals surface area contributed by atoms with E-state index in [-0.39, 0.29) is 6.61 Å². The third kappa shape index (κ3) is 10.0. The van der Waals surface area contributed by atoms with Gasteiger partial charge in [-0.25, -0.2) is 0 Å². The molecule has 0 aliphatic rings. The molecule has 0 aromatic heterocycles. The summed E-state index contributed by atoms with van der Waals surface area (Å²) in [4.78, 5) is 10.4. The summed E-state index contributed by atoms with van der Waals surface area (Å²) < 4.78 is 0. The Kier molecular flexibility index (Phi) is 10.1. The van der Waals surface area contributed by atoms with Gasteiger partial charge >= 0.3 is 5.97 Å². The smallest absolute Gasteiger partial charge is 0.320 e. The number of aliphatic hydroxyl groups excluding tert-OH is 1. The van der Waals surface area contributed by atoms with Crippen LogP contribution in [0.15, 0.2) is 0 Å². The fraction of sp³-hybridized carbons (Fsp3) is 0.900. The van der Waals surface area contributed by atoms with Crippen molar-refractivity contribution in [3.05, 3.63) is 0 Å². The molecule has 4 N–H and O–H groups in total. The van der Waals surface area contributed by atoms with Crippen molar-refractivity contribution in [3.63, 3.8) is 0 Å². The first kappa shape index (κ1) is 14.7. The van der Waals surface area contributed by atoms with Crippen molar-refractivity contribution in [3.8, 4) is 0 Å². The van der Waals surface area contributed by atoms with Crippen LogP contribution in [-0.4, -0.2) is 40.3 Å². The summed E-state index contributed by atoms with van der Waals surface area (Å²) in [5.41, 5.74) is 5.36. The quantitative estimate of drug-likeness (QED) is 0.493. The van der Waals surface area contributed by atoms with Gasteiger partial charge in [0.2, 0.25) is 0 Å². The van der Waals surface area contributed by atoms with Crippen molar-refractivity contribution >= 4 is 17.7 Å². The molecule has 0 heterocycles. The Morgan fingerprint density at radius 3 is 2.47 bits per heavy atom. The molecule has 1 atom stereocenters. The third-order valence-corrected chi connectivity index (χ3v) is 3.19. The van der Waals surface area contributed by atoms with Crippen molar-refractivity contribution in [2.24, 2.45) is 5.73 Å². The number of rotatable bonds is 10. The SMILES string of the molecule is NC(CCSCCCCCCO)C(=O)O. The predicted octanol–water partition coefficient (Wildman–Crippen LogP) is 1.07. The number of nitrogens with two attached hydrogens (primary N) is 1. The van der Waals surface area contributed by atoms with Crippen LogP contribution < -0.4 is 5.73 Å². The highest BCUT2D eigenvalue weighted by Crippen LogP contribution is 2.09. The lowest BCUT2D eigenvalue weighted by molar-refractivity contribution is -0.138. The molecule has 1 unspecified atom stereocenters. The van der Waals surface area contributed by atoms with Gasteiger partial charge in [0.15, 0.2) is 0 Å². The van der Waals surface area contributed by atoms with Gasteiger partial charge in [-0.3, -0.25) is 4.79 Å². The number of aliphatic carboxylic acids is 1. The molecule has 15 heavy (non-hydrogen) atoms. The number of carboxylic acid groups (broad SMARTS) is 1.